The van der Waals surface area contributed by atoms with Crippen molar-refractivity contribution in [3.05, 3.63) is 192 Å². The van der Waals surface area contributed by atoms with Gasteiger partial charge in [0.1, 0.15) is 36.6 Å². The van der Waals surface area contributed by atoms with E-state index in [4.69, 9.17) is 42.6 Å². The minimum absolute atomic E-state index is 0.297. The van der Waals surface area contributed by atoms with E-state index < -0.39 is 61.4 Å². The fourth-order valence-electron chi connectivity index (χ4n) is 7.49. The number of rotatable bonds is 20. The van der Waals surface area contributed by atoms with Gasteiger partial charge in [-0.1, -0.05) is 158 Å². The molecule has 9 nitrogen and oxygen atoms in total. The van der Waals surface area contributed by atoms with E-state index in [1.54, 1.807) is 6.08 Å². The molecular formula is C50H56O9. The molecule has 59 heavy (non-hydrogen) atoms. The van der Waals surface area contributed by atoms with E-state index in [9.17, 15) is 0 Å². The van der Waals surface area contributed by atoms with Gasteiger partial charge in [0, 0.05) is 0 Å². The van der Waals surface area contributed by atoms with Gasteiger partial charge in [-0.3, -0.25) is 0 Å². The van der Waals surface area contributed by atoms with Crippen LogP contribution < -0.4 is 0 Å². The lowest BCUT2D eigenvalue weighted by atomic mass is 9.96. The molecule has 2 aliphatic rings. The molecule has 0 aliphatic carbocycles. The van der Waals surface area contributed by atoms with Crippen molar-refractivity contribution in [1.82, 2.24) is 0 Å². The molecule has 7 rings (SSSR count). The maximum Gasteiger partial charge on any atom is 0.187 e. The summed E-state index contributed by atoms with van der Waals surface area (Å²) in [6.45, 7) is 9.74. The first kappa shape index (κ1) is 42.6. The molecule has 2 aliphatic heterocycles. The summed E-state index contributed by atoms with van der Waals surface area (Å²) >= 11 is 0. The average molecular weight is 801 g/mol. The molecule has 0 aromatic heterocycles. The van der Waals surface area contributed by atoms with Crippen LogP contribution in [0.25, 0.3) is 0 Å². The first-order chi connectivity index (χ1) is 29.1. The lowest BCUT2D eigenvalue weighted by molar-refractivity contribution is -0.370. The van der Waals surface area contributed by atoms with E-state index in [1.165, 1.54) is 0 Å². The van der Waals surface area contributed by atoms with Gasteiger partial charge >= 0.3 is 0 Å². The van der Waals surface area contributed by atoms with Gasteiger partial charge in [-0.05, 0) is 41.7 Å². The monoisotopic (exact) mass is 800 g/mol. The summed E-state index contributed by atoms with van der Waals surface area (Å²) in [6, 6.07) is 50.3. The smallest absolute Gasteiger partial charge is 0.187 e. The quantitative estimate of drug-likeness (QED) is 0.0717. The second-order valence-corrected chi connectivity index (χ2v) is 14.9. The van der Waals surface area contributed by atoms with E-state index in [2.05, 4.69) is 6.58 Å². The third-order valence-electron chi connectivity index (χ3n) is 10.6. The first-order valence-corrected chi connectivity index (χ1v) is 20.5. The van der Waals surface area contributed by atoms with Gasteiger partial charge < -0.3 is 42.6 Å². The second kappa shape index (κ2) is 22.2. The largest absolute Gasteiger partial charge is 0.369 e. The van der Waals surface area contributed by atoms with Crippen molar-refractivity contribution >= 4 is 0 Å². The zero-order valence-electron chi connectivity index (χ0n) is 33.9. The number of benzene rings is 5. The Labute approximate surface area is 348 Å². The molecule has 5 aromatic carbocycles. The topological polar surface area (TPSA) is 83.1 Å². The Balaban J connectivity index is 1.21. The zero-order chi connectivity index (χ0) is 40.7. The Hall–Kier alpha value is -4.52. The maximum atomic E-state index is 7.16. The minimum Gasteiger partial charge on any atom is -0.369 e. The fraction of sp³-hybridized carbons (Fsp3) is 0.360. The van der Waals surface area contributed by atoms with Crippen LogP contribution in [0.5, 0.6) is 0 Å². The summed E-state index contributed by atoms with van der Waals surface area (Å²) in [4.78, 5) is 0. The molecule has 5 aromatic rings. The van der Waals surface area contributed by atoms with Gasteiger partial charge in [0.2, 0.25) is 0 Å². The third-order valence-corrected chi connectivity index (χ3v) is 10.6. The molecule has 0 bridgehead atoms. The molecule has 0 saturated carbocycles. The van der Waals surface area contributed by atoms with Gasteiger partial charge in [0.15, 0.2) is 12.6 Å². The summed E-state index contributed by atoms with van der Waals surface area (Å²) in [5.41, 5.74) is 5.06. The molecule has 0 amide bonds. The van der Waals surface area contributed by atoms with Crippen molar-refractivity contribution in [2.24, 2.45) is 0 Å². The number of hydrogen-bond donors (Lipinski definition) is 0. The van der Waals surface area contributed by atoms with Crippen LogP contribution >= 0.6 is 0 Å². The molecule has 0 unspecified atom stereocenters. The Morgan fingerprint density at radius 2 is 0.712 bits per heavy atom. The van der Waals surface area contributed by atoms with Crippen molar-refractivity contribution < 1.29 is 42.6 Å². The number of hydrogen-bond acceptors (Lipinski definition) is 9. The Kier molecular flexibility index (Phi) is 16.0. The van der Waals surface area contributed by atoms with Crippen molar-refractivity contribution in [2.45, 2.75) is 108 Å². The molecule has 2 heterocycles. The summed E-state index contributed by atoms with van der Waals surface area (Å²) < 4.78 is 60.8. The first-order valence-electron chi connectivity index (χ1n) is 20.5. The summed E-state index contributed by atoms with van der Waals surface area (Å²) in [5, 5.41) is 0. The average Bonchev–Trinajstić information content (AvgIpc) is 3.28. The minimum atomic E-state index is -0.909. The normalized spacial score (nSPS) is 26.9. The maximum absolute atomic E-state index is 7.16. The number of ether oxygens (including phenoxy) is 9. The highest BCUT2D eigenvalue weighted by atomic mass is 16.8. The lowest BCUT2D eigenvalue weighted by Crippen LogP contribution is -2.65. The van der Waals surface area contributed by atoms with Gasteiger partial charge in [0.05, 0.1) is 51.8 Å². The van der Waals surface area contributed by atoms with Gasteiger partial charge in [-0.2, -0.15) is 0 Å². The van der Waals surface area contributed by atoms with Crippen LogP contribution in [0.15, 0.2) is 164 Å². The Morgan fingerprint density at radius 3 is 1.12 bits per heavy atom. The highest BCUT2D eigenvalue weighted by molar-refractivity contribution is 5.17. The highest BCUT2D eigenvalue weighted by Gasteiger charge is 2.53. The lowest BCUT2D eigenvalue weighted by Gasteiger charge is -2.49. The summed E-state index contributed by atoms with van der Waals surface area (Å²) in [7, 11) is 0. The van der Waals surface area contributed by atoms with Crippen molar-refractivity contribution in [3.8, 4) is 0 Å². The van der Waals surface area contributed by atoms with Crippen LogP contribution in [0.1, 0.15) is 41.7 Å². The predicted octanol–water partition coefficient (Wildman–Crippen LogP) is 8.99. The van der Waals surface area contributed by atoms with Gasteiger partial charge in [-0.25, -0.2) is 0 Å². The SMILES string of the molecule is C=CCO[C@H]1[C@H](OCc2ccccc2)[C@@H](OCc2ccccc2)[C@@H](O[C@H]2[C@H](OCc3ccccc3)[C@@H](OCc3ccccc3)[C@H](OCc3ccccc3)O[C@@H]2C)O[C@@H]1C. The van der Waals surface area contributed by atoms with Crippen LogP contribution in [-0.4, -0.2) is 68.0 Å². The molecule has 310 valence electrons. The second-order valence-electron chi connectivity index (χ2n) is 14.9. The predicted molar refractivity (Wildman–Crippen MR) is 225 cm³/mol. The zero-order valence-corrected chi connectivity index (χ0v) is 33.9. The molecule has 0 N–H and O–H groups in total. The highest BCUT2D eigenvalue weighted by Crippen LogP contribution is 2.36. The van der Waals surface area contributed by atoms with Gasteiger partial charge in [-0.15, -0.1) is 6.58 Å². The van der Waals surface area contributed by atoms with E-state index in [1.807, 2.05) is 166 Å². The van der Waals surface area contributed by atoms with Crippen LogP contribution in [0.3, 0.4) is 0 Å². The standard InChI is InChI=1S/C50H56O9/c1-4-30-51-43-36(2)58-50(48(55-34-41-26-16-8-17-27-41)45(43)52-31-38-20-10-5-11-21-38)59-44-37(3)57-49(56-35-42-28-18-9-19-29-42)47(54-33-40-24-14-7-15-25-40)46(44)53-32-39-22-12-6-13-23-39/h4-29,36-37,43-50H,1,30-35H2,2-3H3/t36-,37-,43-,44-,45+,46+,47-,48-,49-,50-/m1/s1. The van der Waals surface area contributed by atoms with Crippen LogP contribution in [0, 0.1) is 0 Å². The van der Waals surface area contributed by atoms with Crippen LogP contribution in [-0.2, 0) is 75.7 Å². The molecule has 2 saturated heterocycles. The van der Waals surface area contributed by atoms with Crippen LogP contribution in [0.2, 0.25) is 0 Å². The van der Waals surface area contributed by atoms with E-state index in [0.29, 0.717) is 39.6 Å². The molecule has 2 fully saturated rings. The molecular weight excluding hydrogens is 745 g/mol. The van der Waals surface area contributed by atoms with E-state index in [0.717, 1.165) is 27.8 Å². The van der Waals surface area contributed by atoms with Crippen LogP contribution in [0.4, 0.5) is 0 Å². The van der Waals surface area contributed by atoms with Crippen molar-refractivity contribution in [1.29, 1.82) is 0 Å². The van der Waals surface area contributed by atoms with Crippen molar-refractivity contribution in [2.75, 3.05) is 6.61 Å². The van der Waals surface area contributed by atoms with Gasteiger partial charge in [0.25, 0.3) is 0 Å². The van der Waals surface area contributed by atoms with Crippen molar-refractivity contribution in [3.63, 3.8) is 0 Å². The molecule has 0 spiro atoms. The van der Waals surface area contributed by atoms with E-state index >= 15 is 0 Å². The molecule has 0 radical (unpaired) electrons. The summed E-state index contributed by atoms with van der Waals surface area (Å²) in [6.07, 6.45) is -4.73. The Morgan fingerprint density at radius 1 is 0.390 bits per heavy atom. The molecule has 10 atom stereocenters. The molecule has 9 heteroatoms. The van der Waals surface area contributed by atoms with E-state index in [-0.39, 0.29) is 0 Å². The fourth-order valence-corrected chi connectivity index (χ4v) is 7.49. The Bertz CT molecular complexity index is 1920. The third kappa shape index (κ3) is 12.0. The summed E-state index contributed by atoms with van der Waals surface area (Å²) in [5.74, 6) is 0.